The normalized spacial score (nSPS) is 12.1. The predicted octanol–water partition coefficient (Wildman–Crippen LogP) is 0.787. The number of anilines is 1. The Morgan fingerprint density at radius 3 is 2.86 bits per heavy atom. The van der Waals surface area contributed by atoms with E-state index in [0.717, 1.165) is 5.56 Å². The molecule has 4 nitrogen and oxygen atoms in total. The zero-order chi connectivity index (χ0) is 10.6. The maximum atomic E-state index is 8.75. The average molecular weight is 191 g/mol. The molecular formula is C10H13N3O. The lowest BCUT2D eigenvalue weighted by Gasteiger charge is -2.11. The molecule has 0 fully saturated rings. The number of benzene rings is 1. The van der Waals surface area contributed by atoms with Crippen molar-refractivity contribution in [3.8, 4) is 6.07 Å². The second-order valence-electron chi connectivity index (χ2n) is 3.02. The molecule has 0 spiro atoms. The summed E-state index contributed by atoms with van der Waals surface area (Å²) in [5.41, 5.74) is 13.2. The monoisotopic (exact) mass is 191 g/mol. The van der Waals surface area contributed by atoms with Gasteiger partial charge in [0.05, 0.1) is 18.2 Å². The van der Waals surface area contributed by atoms with Crippen LogP contribution in [0.15, 0.2) is 18.2 Å². The number of hydrogen-bond donors (Lipinski definition) is 2. The molecule has 0 aliphatic rings. The van der Waals surface area contributed by atoms with Crippen molar-refractivity contribution in [2.75, 3.05) is 19.5 Å². The van der Waals surface area contributed by atoms with Crippen molar-refractivity contribution in [3.63, 3.8) is 0 Å². The summed E-state index contributed by atoms with van der Waals surface area (Å²) in [6.07, 6.45) is 0. The van der Waals surface area contributed by atoms with E-state index in [9.17, 15) is 0 Å². The van der Waals surface area contributed by atoms with Gasteiger partial charge in [-0.1, -0.05) is 6.07 Å². The molecule has 4 heteroatoms. The van der Waals surface area contributed by atoms with Gasteiger partial charge < -0.3 is 16.2 Å². The highest BCUT2D eigenvalue weighted by Crippen LogP contribution is 2.17. The van der Waals surface area contributed by atoms with Crippen molar-refractivity contribution in [1.29, 1.82) is 5.26 Å². The minimum absolute atomic E-state index is 0.215. The fourth-order valence-electron chi connectivity index (χ4n) is 1.18. The number of ether oxygens (including phenoxy) is 1. The van der Waals surface area contributed by atoms with Crippen LogP contribution in [0.3, 0.4) is 0 Å². The lowest BCUT2D eigenvalue weighted by Crippen LogP contribution is -2.16. The van der Waals surface area contributed by atoms with Crippen LogP contribution in [-0.2, 0) is 4.74 Å². The number of hydrogen-bond acceptors (Lipinski definition) is 4. The molecule has 14 heavy (non-hydrogen) atoms. The molecule has 0 aliphatic heterocycles. The number of nitrogens with two attached hydrogens (primary N) is 2. The number of methoxy groups -OCH3 is 1. The fraction of sp³-hybridized carbons (Fsp3) is 0.300. The lowest BCUT2D eigenvalue weighted by atomic mass is 10.0. The molecule has 0 amide bonds. The van der Waals surface area contributed by atoms with Crippen LogP contribution in [0, 0.1) is 11.3 Å². The minimum atomic E-state index is -0.215. The first-order chi connectivity index (χ1) is 6.69. The molecule has 1 rings (SSSR count). The van der Waals surface area contributed by atoms with Crippen molar-refractivity contribution in [2.24, 2.45) is 5.73 Å². The van der Waals surface area contributed by atoms with E-state index in [4.69, 9.17) is 21.5 Å². The zero-order valence-electron chi connectivity index (χ0n) is 8.03. The summed E-state index contributed by atoms with van der Waals surface area (Å²) in [7, 11) is 1.59. The zero-order valence-corrected chi connectivity index (χ0v) is 8.03. The molecule has 0 saturated carbocycles. The van der Waals surface area contributed by atoms with Crippen LogP contribution in [-0.4, -0.2) is 13.7 Å². The molecule has 0 radical (unpaired) electrons. The Labute approximate surface area is 83.1 Å². The number of nitrogens with zero attached hydrogens (tertiary/aromatic N) is 1. The van der Waals surface area contributed by atoms with Gasteiger partial charge in [0.1, 0.15) is 6.07 Å². The van der Waals surface area contributed by atoms with E-state index < -0.39 is 0 Å². The van der Waals surface area contributed by atoms with Crippen molar-refractivity contribution in [2.45, 2.75) is 6.04 Å². The largest absolute Gasteiger partial charge is 0.398 e. The van der Waals surface area contributed by atoms with Crippen molar-refractivity contribution < 1.29 is 4.74 Å². The standard InChI is InChI=1S/C10H13N3O/c1-14-6-10(13)7-2-3-9(12)8(4-7)5-11/h2-4,10H,6,12-13H2,1H3. The Balaban J connectivity index is 2.95. The first-order valence-corrected chi connectivity index (χ1v) is 4.23. The minimum Gasteiger partial charge on any atom is -0.398 e. The number of rotatable bonds is 3. The van der Waals surface area contributed by atoms with Gasteiger partial charge in [-0.15, -0.1) is 0 Å². The topological polar surface area (TPSA) is 85.1 Å². The predicted molar refractivity (Wildman–Crippen MR) is 54.4 cm³/mol. The first-order valence-electron chi connectivity index (χ1n) is 4.23. The van der Waals surface area contributed by atoms with Gasteiger partial charge in [0.15, 0.2) is 0 Å². The van der Waals surface area contributed by atoms with Crippen molar-refractivity contribution in [1.82, 2.24) is 0 Å². The van der Waals surface area contributed by atoms with E-state index in [1.54, 1.807) is 25.3 Å². The Kier molecular flexibility index (Phi) is 3.46. The number of nitrogen functional groups attached to an aromatic ring is 1. The second kappa shape index (κ2) is 4.61. The van der Waals surface area contributed by atoms with Crippen LogP contribution in [0.5, 0.6) is 0 Å². The van der Waals surface area contributed by atoms with Gasteiger partial charge in [-0.3, -0.25) is 0 Å². The van der Waals surface area contributed by atoms with E-state index in [2.05, 4.69) is 0 Å². The highest BCUT2D eigenvalue weighted by atomic mass is 16.5. The average Bonchev–Trinajstić information content (AvgIpc) is 2.19. The van der Waals surface area contributed by atoms with E-state index in [1.165, 1.54) is 0 Å². The third-order valence-corrected chi connectivity index (χ3v) is 1.97. The van der Waals surface area contributed by atoms with Crippen molar-refractivity contribution >= 4 is 5.69 Å². The summed E-state index contributed by atoms with van der Waals surface area (Å²) in [5.74, 6) is 0. The van der Waals surface area contributed by atoms with Crippen LogP contribution >= 0.6 is 0 Å². The molecule has 0 aromatic heterocycles. The molecule has 0 heterocycles. The summed E-state index contributed by atoms with van der Waals surface area (Å²) < 4.78 is 4.92. The second-order valence-corrected chi connectivity index (χ2v) is 3.02. The third-order valence-electron chi connectivity index (χ3n) is 1.97. The summed E-state index contributed by atoms with van der Waals surface area (Å²) in [6, 6.07) is 6.98. The molecule has 74 valence electrons. The van der Waals surface area contributed by atoms with Crippen molar-refractivity contribution in [3.05, 3.63) is 29.3 Å². The van der Waals surface area contributed by atoms with E-state index in [-0.39, 0.29) is 6.04 Å². The molecule has 1 atom stereocenters. The fourth-order valence-corrected chi connectivity index (χ4v) is 1.18. The van der Waals surface area contributed by atoms with E-state index >= 15 is 0 Å². The van der Waals surface area contributed by atoms with E-state index in [1.807, 2.05) is 6.07 Å². The van der Waals surface area contributed by atoms with Gasteiger partial charge in [0, 0.05) is 12.8 Å². The van der Waals surface area contributed by atoms with Gasteiger partial charge in [0.25, 0.3) is 0 Å². The molecule has 1 aromatic rings. The Morgan fingerprint density at radius 1 is 1.57 bits per heavy atom. The van der Waals surface area contributed by atoms with Crippen LogP contribution in [0.4, 0.5) is 5.69 Å². The quantitative estimate of drug-likeness (QED) is 0.691. The van der Waals surface area contributed by atoms with Gasteiger partial charge in [-0.25, -0.2) is 0 Å². The highest BCUT2D eigenvalue weighted by molar-refractivity contribution is 5.55. The maximum Gasteiger partial charge on any atom is 0.101 e. The molecule has 4 N–H and O–H groups in total. The van der Waals surface area contributed by atoms with Crippen LogP contribution in [0.1, 0.15) is 17.2 Å². The molecule has 1 aromatic carbocycles. The van der Waals surface area contributed by atoms with Crippen LogP contribution in [0.25, 0.3) is 0 Å². The van der Waals surface area contributed by atoms with Gasteiger partial charge in [-0.05, 0) is 17.7 Å². The Morgan fingerprint density at radius 2 is 2.29 bits per heavy atom. The molecule has 0 aliphatic carbocycles. The lowest BCUT2D eigenvalue weighted by molar-refractivity contribution is 0.181. The maximum absolute atomic E-state index is 8.75. The smallest absolute Gasteiger partial charge is 0.101 e. The summed E-state index contributed by atoms with van der Waals surface area (Å²) in [4.78, 5) is 0. The summed E-state index contributed by atoms with van der Waals surface area (Å²) in [6.45, 7) is 0.425. The first kappa shape index (κ1) is 10.5. The Hall–Kier alpha value is -1.57. The molecule has 0 bridgehead atoms. The van der Waals surface area contributed by atoms with Gasteiger partial charge >= 0.3 is 0 Å². The third kappa shape index (κ3) is 2.22. The van der Waals surface area contributed by atoms with Gasteiger partial charge in [-0.2, -0.15) is 5.26 Å². The SMILES string of the molecule is COCC(N)c1ccc(N)c(C#N)c1. The molecular weight excluding hydrogens is 178 g/mol. The highest BCUT2D eigenvalue weighted by Gasteiger charge is 2.07. The molecule has 0 saturated heterocycles. The van der Waals surface area contributed by atoms with E-state index in [0.29, 0.717) is 17.9 Å². The van der Waals surface area contributed by atoms with Gasteiger partial charge in [0.2, 0.25) is 0 Å². The Bertz CT molecular complexity index is 357. The molecule has 1 unspecified atom stereocenters. The number of nitriles is 1. The van der Waals surface area contributed by atoms with Crippen LogP contribution < -0.4 is 11.5 Å². The van der Waals surface area contributed by atoms with Crippen LogP contribution in [0.2, 0.25) is 0 Å². The summed E-state index contributed by atoms with van der Waals surface area (Å²) in [5, 5.41) is 8.75. The summed E-state index contributed by atoms with van der Waals surface area (Å²) >= 11 is 0.